The molecular formula is C18H16ClF6N3O2S. The molecule has 1 saturated heterocycles. The summed E-state index contributed by atoms with van der Waals surface area (Å²) in [6.45, 7) is 0.230. The Labute approximate surface area is 179 Å². The fraction of sp³-hybridized carbons (Fsp3) is 0.389. The minimum absolute atomic E-state index is 0.0212. The molecule has 3 rings (SSSR count). The molecule has 13 heteroatoms. The Bertz CT molecular complexity index is 1060. The van der Waals surface area contributed by atoms with Crippen molar-refractivity contribution in [2.45, 2.75) is 23.7 Å². The SMILES string of the molecule is O=S(=O)(c1cccc(C(F)(F)F)c1)N1CCCN(c2ncc(C(F)(F)F)cc2Cl)CC1. The number of alkyl halides is 6. The van der Waals surface area contributed by atoms with E-state index in [9.17, 15) is 34.8 Å². The molecule has 0 spiro atoms. The van der Waals surface area contributed by atoms with E-state index >= 15 is 0 Å². The molecule has 0 bridgehead atoms. The largest absolute Gasteiger partial charge is 0.417 e. The molecule has 0 saturated carbocycles. The van der Waals surface area contributed by atoms with Crippen molar-refractivity contribution in [3.63, 3.8) is 0 Å². The summed E-state index contributed by atoms with van der Waals surface area (Å²) in [4.78, 5) is 4.84. The molecule has 1 fully saturated rings. The first-order chi connectivity index (χ1) is 14.3. The second kappa shape index (κ2) is 8.47. The molecule has 31 heavy (non-hydrogen) atoms. The first-order valence-electron chi connectivity index (χ1n) is 8.95. The lowest BCUT2D eigenvalue weighted by Gasteiger charge is -2.24. The van der Waals surface area contributed by atoms with Crippen LogP contribution >= 0.6 is 11.6 Å². The molecule has 0 atom stereocenters. The van der Waals surface area contributed by atoms with Gasteiger partial charge < -0.3 is 4.90 Å². The monoisotopic (exact) mass is 487 g/mol. The molecule has 1 aromatic carbocycles. The second-order valence-electron chi connectivity index (χ2n) is 6.80. The predicted molar refractivity (Wildman–Crippen MR) is 101 cm³/mol. The van der Waals surface area contributed by atoms with E-state index in [4.69, 9.17) is 11.6 Å². The number of anilines is 1. The van der Waals surface area contributed by atoms with E-state index in [2.05, 4.69) is 4.98 Å². The standard InChI is InChI=1S/C18H16ClF6N3O2S/c19-15-10-13(18(23,24)25)11-26-16(15)27-5-2-6-28(8-7-27)31(29,30)14-4-1-3-12(9-14)17(20,21)22/h1,3-4,9-11H,2,5-8H2. The van der Waals surface area contributed by atoms with Crippen LogP contribution in [0.25, 0.3) is 0 Å². The minimum atomic E-state index is -4.69. The molecule has 0 radical (unpaired) electrons. The predicted octanol–water partition coefficient (Wildman–Crippen LogP) is 4.67. The van der Waals surface area contributed by atoms with Gasteiger partial charge in [0.25, 0.3) is 0 Å². The Morgan fingerprint density at radius 2 is 1.58 bits per heavy atom. The van der Waals surface area contributed by atoms with Crippen LogP contribution in [0.5, 0.6) is 0 Å². The van der Waals surface area contributed by atoms with E-state index in [1.165, 1.54) is 0 Å². The lowest BCUT2D eigenvalue weighted by atomic mass is 10.2. The summed E-state index contributed by atoms with van der Waals surface area (Å²) in [5, 5.41) is -0.232. The van der Waals surface area contributed by atoms with Gasteiger partial charge in [0.05, 0.1) is 21.0 Å². The average molecular weight is 488 g/mol. The van der Waals surface area contributed by atoms with Gasteiger partial charge in [-0.05, 0) is 30.7 Å². The Kier molecular flexibility index (Phi) is 6.45. The first kappa shape index (κ1) is 23.6. The van der Waals surface area contributed by atoms with Crippen molar-refractivity contribution < 1.29 is 34.8 Å². The molecule has 0 N–H and O–H groups in total. The lowest BCUT2D eigenvalue weighted by Crippen LogP contribution is -2.35. The Morgan fingerprint density at radius 1 is 0.903 bits per heavy atom. The zero-order chi connectivity index (χ0) is 23.0. The molecule has 2 heterocycles. The van der Waals surface area contributed by atoms with E-state index in [-0.39, 0.29) is 43.4 Å². The smallest absolute Gasteiger partial charge is 0.354 e. The van der Waals surface area contributed by atoms with Crippen molar-refractivity contribution in [3.05, 3.63) is 52.7 Å². The first-order valence-corrected chi connectivity index (χ1v) is 10.8. The maximum absolute atomic E-state index is 12.9. The Morgan fingerprint density at radius 3 is 2.19 bits per heavy atom. The molecule has 0 amide bonds. The minimum Gasteiger partial charge on any atom is -0.354 e. The zero-order valence-electron chi connectivity index (χ0n) is 15.7. The van der Waals surface area contributed by atoms with Crippen LogP contribution in [0.15, 0.2) is 41.4 Å². The number of benzene rings is 1. The van der Waals surface area contributed by atoms with Gasteiger partial charge in [-0.1, -0.05) is 17.7 Å². The highest BCUT2D eigenvalue weighted by molar-refractivity contribution is 7.89. The Hall–Kier alpha value is -2.05. The molecule has 1 aliphatic rings. The summed E-state index contributed by atoms with van der Waals surface area (Å²) in [7, 11) is -4.21. The van der Waals surface area contributed by atoms with Gasteiger partial charge in [0.2, 0.25) is 10.0 Å². The number of halogens is 7. The fourth-order valence-corrected chi connectivity index (χ4v) is 4.95. The van der Waals surface area contributed by atoms with E-state index in [0.29, 0.717) is 12.3 Å². The van der Waals surface area contributed by atoms with Crippen LogP contribution in [0, 0.1) is 0 Å². The topological polar surface area (TPSA) is 53.5 Å². The summed E-state index contributed by atoms with van der Waals surface area (Å²) in [5.74, 6) is 0.0768. The van der Waals surface area contributed by atoms with Crippen molar-refractivity contribution in [2.75, 3.05) is 31.1 Å². The third-order valence-corrected chi connectivity index (χ3v) is 6.88. The number of nitrogens with zero attached hydrogens (tertiary/aromatic N) is 3. The molecule has 1 aliphatic heterocycles. The van der Waals surface area contributed by atoms with Crippen molar-refractivity contribution in [2.24, 2.45) is 0 Å². The van der Waals surface area contributed by atoms with Gasteiger partial charge in [0.15, 0.2) is 0 Å². The van der Waals surface area contributed by atoms with Gasteiger partial charge in [-0.25, -0.2) is 13.4 Å². The Balaban J connectivity index is 1.80. The number of sulfonamides is 1. The average Bonchev–Trinajstić information content (AvgIpc) is 2.93. The molecule has 0 aliphatic carbocycles. The van der Waals surface area contributed by atoms with Crippen LogP contribution < -0.4 is 4.90 Å². The third kappa shape index (κ3) is 5.24. The third-order valence-electron chi connectivity index (χ3n) is 4.70. The van der Waals surface area contributed by atoms with E-state index in [0.717, 1.165) is 28.6 Å². The van der Waals surface area contributed by atoms with E-state index < -0.39 is 38.4 Å². The number of aromatic nitrogens is 1. The number of pyridine rings is 1. The summed E-state index contributed by atoms with van der Waals surface area (Å²) in [6, 6.07) is 4.20. The maximum Gasteiger partial charge on any atom is 0.417 e. The number of rotatable bonds is 3. The molecule has 170 valence electrons. The normalized spacial score (nSPS) is 16.9. The summed E-state index contributed by atoms with van der Waals surface area (Å²) >= 11 is 5.96. The van der Waals surface area contributed by atoms with Crippen molar-refractivity contribution in [1.82, 2.24) is 9.29 Å². The van der Waals surface area contributed by atoms with Gasteiger partial charge >= 0.3 is 12.4 Å². The van der Waals surface area contributed by atoms with E-state index in [1.807, 2.05) is 0 Å². The van der Waals surface area contributed by atoms with E-state index in [1.54, 1.807) is 4.90 Å². The second-order valence-corrected chi connectivity index (χ2v) is 9.14. The quantitative estimate of drug-likeness (QED) is 0.590. The zero-order valence-corrected chi connectivity index (χ0v) is 17.3. The van der Waals surface area contributed by atoms with Crippen LogP contribution in [-0.4, -0.2) is 43.9 Å². The van der Waals surface area contributed by atoms with Gasteiger partial charge in [-0.15, -0.1) is 0 Å². The summed E-state index contributed by atoms with van der Waals surface area (Å²) < 4.78 is 104. The molecule has 1 aromatic heterocycles. The molecule has 5 nitrogen and oxygen atoms in total. The molecule has 0 unspecified atom stereocenters. The van der Waals surface area contributed by atoms with Gasteiger partial charge in [0.1, 0.15) is 5.82 Å². The summed E-state index contributed by atoms with van der Waals surface area (Å²) in [6.07, 6.45) is -8.38. The fourth-order valence-electron chi connectivity index (χ4n) is 3.15. The highest BCUT2D eigenvalue weighted by atomic mass is 35.5. The number of hydrogen-bond donors (Lipinski definition) is 0. The summed E-state index contributed by atoms with van der Waals surface area (Å²) in [5.41, 5.74) is -2.09. The highest BCUT2D eigenvalue weighted by Gasteiger charge is 2.34. The molecule has 2 aromatic rings. The van der Waals surface area contributed by atoms with Crippen LogP contribution in [0.3, 0.4) is 0 Å². The van der Waals surface area contributed by atoms with Crippen LogP contribution in [0.4, 0.5) is 32.2 Å². The van der Waals surface area contributed by atoms with Crippen molar-refractivity contribution in [1.29, 1.82) is 0 Å². The van der Waals surface area contributed by atoms with Crippen LogP contribution in [0.1, 0.15) is 17.5 Å². The highest BCUT2D eigenvalue weighted by Crippen LogP contribution is 2.34. The van der Waals surface area contributed by atoms with Crippen LogP contribution in [0.2, 0.25) is 5.02 Å². The molecular weight excluding hydrogens is 472 g/mol. The van der Waals surface area contributed by atoms with Gasteiger partial charge in [0, 0.05) is 32.4 Å². The number of hydrogen-bond acceptors (Lipinski definition) is 4. The van der Waals surface area contributed by atoms with Crippen molar-refractivity contribution >= 4 is 27.4 Å². The van der Waals surface area contributed by atoms with Gasteiger partial charge in [-0.2, -0.15) is 30.6 Å². The van der Waals surface area contributed by atoms with Crippen LogP contribution in [-0.2, 0) is 22.4 Å². The van der Waals surface area contributed by atoms with Crippen molar-refractivity contribution in [3.8, 4) is 0 Å². The lowest BCUT2D eigenvalue weighted by molar-refractivity contribution is -0.138. The maximum atomic E-state index is 12.9. The van der Waals surface area contributed by atoms with Gasteiger partial charge in [-0.3, -0.25) is 0 Å².